The van der Waals surface area contributed by atoms with E-state index in [9.17, 15) is 0 Å². The summed E-state index contributed by atoms with van der Waals surface area (Å²) in [7, 11) is 0. The van der Waals surface area contributed by atoms with E-state index in [0.29, 0.717) is 6.61 Å². The largest absolute Gasteiger partial charge is 0.476 e. The number of nitrogens with zero attached hydrogens (tertiary/aromatic N) is 2. The van der Waals surface area contributed by atoms with Crippen LogP contribution >= 0.6 is 0 Å². The van der Waals surface area contributed by atoms with E-state index in [-0.39, 0.29) is 0 Å². The average molecular weight is 148 g/mol. The van der Waals surface area contributed by atoms with E-state index in [1.807, 2.05) is 13.0 Å². The number of rotatable bonds is 0. The Kier molecular flexibility index (Phi) is 1.35. The van der Waals surface area contributed by atoms with Crippen LogP contribution in [0.5, 0.6) is 0 Å². The van der Waals surface area contributed by atoms with Crippen LogP contribution in [-0.2, 0) is 11.3 Å². The molecule has 1 aromatic rings. The highest BCUT2D eigenvalue weighted by molar-refractivity contribution is 5.78. The van der Waals surface area contributed by atoms with Gasteiger partial charge in [0.15, 0.2) is 5.90 Å². The van der Waals surface area contributed by atoms with Crippen molar-refractivity contribution in [2.75, 3.05) is 0 Å². The van der Waals surface area contributed by atoms with Gasteiger partial charge in [-0.05, 0) is 6.07 Å². The van der Waals surface area contributed by atoms with Crippen LogP contribution in [0, 0.1) is 0 Å². The lowest BCUT2D eigenvalue weighted by Gasteiger charge is -2.12. The van der Waals surface area contributed by atoms with Gasteiger partial charge in [-0.1, -0.05) is 0 Å². The number of hydrogen-bond acceptors (Lipinski definition) is 3. The van der Waals surface area contributed by atoms with Gasteiger partial charge in [0, 0.05) is 24.9 Å². The van der Waals surface area contributed by atoms with Crippen LogP contribution in [0.1, 0.15) is 12.5 Å². The molecule has 0 amide bonds. The molecule has 0 atom stereocenters. The Balaban J connectivity index is 2.51. The third-order valence-corrected chi connectivity index (χ3v) is 1.59. The molecule has 0 radical (unpaired) electrons. The van der Waals surface area contributed by atoms with E-state index in [1.165, 1.54) is 0 Å². The highest BCUT2D eigenvalue weighted by Gasteiger charge is 2.07. The Morgan fingerprint density at radius 2 is 2.45 bits per heavy atom. The zero-order valence-corrected chi connectivity index (χ0v) is 6.24. The monoisotopic (exact) mass is 148 g/mol. The van der Waals surface area contributed by atoms with Gasteiger partial charge in [0.05, 0.1) is 5.69 Å². The minimum atomic E-state index is 0.596. The molecule has 11 heavy (non-hydrogen) atoms. The Bertz CT molecular complexity index is 307. The second-order valence-corrected chi connectivity index (χ2v) is 2.42. The predicted molar refractivity (Wildman–Crippen MR) is 41.8 cm³/mol. The van der Waals surface area contributed by atoms with Crippen molar-refractivity contribution in [2.24, 2.45) is 4.99 Å². The first-order valence-electron chi connectivity index (χ1n) is 3.47. The summed E-state index contributed by atoms with van der Waals surface area (Å²) in [6.07, 6.45) is 3.52. The molecule has 1 aromatic heterocycles. The van der Waals surface area contributed by atoms with Crippen molar-refractivity contribution in [2.45, 2.75) is 13.5 Å². The van der Waals surface area contributed by atoms with Gasteiger partial charge in [0.2, 0.25) is 0 Å². The van der Waals surface area contributed by atoms with Crippen LogP contribution in [0.4, 0.5) is 5.69 Å². The minimum absolute atomic E-state index is 0.596. The summed E-state index contributed by atoms with van der Waals surface area (Å²) in [4.78, 5) is 8.17. The van der Waals surface area contributed by atoms with E-state index >= 15 is 0 Å². The maximum Gasteiger partial charge on any atom is 0.185 e. The predicted octanol–water partition coefficient (Wildman–Crippen LogP) is 1.66. The first-order valence-corrected chi connectivity index (χ1v) is 3.47. The van der Waals surface area contributed by atoms with E-state index in [2.05, 4.69) is 9.98 Å². The lowest BCUT2D eigenvalue weighted by molar-refractivity contribution is 0.284. The van der Waals surface area contributed by atoms with Crippen LogP contribution < -0.4 is 0 Å². The van der Waals surface area contributed by atoms with Gasteiger partial charge < -0.3 is 4.74 Å². The molecule has 1 aliphatic rings. The first-order chi connectivity index (χ1) is 5.36. The van der Waals surface area contributed by atoms with Gasteiger partial charge in [-0.3, -0.25) is 4.98 Å². The van der Waals surface area contributed by atoms with Gasteiger partial charge in [-0.2, -0.15) is 0 Å². The summed E-state index contributed by atoms with van der Waals surface area (Å²) in [5.41, 5.74) is 2.03. The van der Waals surface area contributed by atoms with Gasteiger partial charge in [-0.15, -0.1) is 0 Å². The fourth-order valence-corrected chi connectivity index (χ4v) is 1.02. The fraction of sp³-hybridized carbons (Fsp3) is 0.250. The Morgan fingerprint density at radius 3 is 3.36 bits per heavy atom. The summed E-state index contributed by atoms with van der Waals surface area (Å²) in [5, 5.41) is 0. The smallest absolute Gasteiger partial charge is 0.185 e. The highest BCUT2D eigenvalue weighted by atomic mass is 16.5. The fourth-order valence-electron chi connectivity index (χ4n) is 1.02. The molecule has 0 saturated carbocycles. The number of hydrogen-bond donors (Lipinski definition) is 0. The van der Waals surface area contributed by atoms with Crippen molar-refractivity contribution in [3.63, 3.8) is 0 Å². The molecule has 0 saturated heterocycles. The number of ether oxygens (including phenoxy) is 1. The van der Waals surface area contributed by atoms with Crippen LogP contribution in [0.25, 0.3) is 0 Å². The van der Waals surface area contributed by atoms with Crippen molar-refractivity contribution in [3.8, 4) is 0 Å². The summed E-state index contributed by atoms with van der Waals surface area (Å²) < 4.78 is 5.21. The number of pyridine rings is 1. The Morgan fingerprint density at radius 1 is 1.55 bits per heavy atom. The van der Waals surface area contributed by atoms with E-state index < -0.39 is 0 Å². The molecule has 3 heteroatoms. The summed E-state index contributed by atoms with van der Waals surface area (Å²) >= 11 is 0. The number of fused-ring (bicyclic) bond motifs is 1. The van der Waals surface area contributed by atoms with E-state index in [1.54, 1.807) is 12.4 Å². The topological polar surface area (TPSA) is 34.5 Å². The van der Waals surface area contributed by atoms with Crippen LogP contribution in [0.15, 0.2) is 23.5 Å². The summed E-state index contributed by atoms with van der Waals surface area (Å²) in [5.74, 6) is 0.726. The third kappa shape index (κ3) is 1.09. The molecule has 1 aliphatic heterocycles. The molecule has 2 heterocycles. The molecule has 56 valence electrons. The molecule has 0 fully saturated rings. The normalized spacial score (nSPS) is 14.8. The van der Waals surface area contributed by atoms with Crippen LogP contribution in [-0.4, -0.2) is 10.9 Å². The molecule has 0 aromatic carbocycles. The summed E-state index contributed by atoms with van der Waals surface area (Å²) in [6.45, 7) is 2.45. The highest BCUT2D eigenvalue weighted by Crippen LogP contribution is 2.22. The molecule has 3 nitrogen and oxygen atoms in total. The standard InChI is InChI=1S/C8H8N2O/c1-6-10-8-2-3-9-4-7(8)5-11-6/h2-4H,5H2,1H3. The second kappa shape index (κ2) is 2.34. The average Bonchev–Trinajstić information content (AvgIpc) is 2.04. The van der Waals surface area contributed by atoms with Crippen LogP contribution in [0.3, 0.4) is 0 Å². The van der Waals surface area contributed by atoms with Crippen molar-refractivity contribution in [3.05, 3.63) is 24.0 Å². The van der Waals surface area contributed by atoms with Gasteiger partial charge in [0.1, 0.15) is 6.61 Å². The maximum absolute atomic E-state index is 5.21. The van der Waals surface area contributed by atoms with Crippen molar-refractivity contribution >= 4 is 11.6 Å². The van der Waals surface area contributed by atoms with Gasteiger partial charge in [-0.25, -0.2) is 4.99 Å². The lowest BCUT2D eigenvalue weighted by Crippen LogP contribution is -2.05. The SMILES string of the molecule is CC1=Nc2ccncc2CO1. The second-order valence-electron chi connectivity index (χ2n) is 2.42. The van der Waals surface area contributed by atoms with Crippen LogP contribution in [0.2, 0.25) is 0 Å². The van der Waals surface area contributed by atoms with Gasteiger partial charge >= 0.3 is 0 Å². The zero-order chi connectivity index (χ0) is 7.68. The molecular weight excluding hydrogens is 140 g/mol. The van der Waals surface area contributed by atoms with Crippen molar-refractivity contribution < 1.29 is 4.74 Å². The molecule has 2 rings (SSSR count). The zero-order valence-electron chi connectivity index (χ0n) is 6.24. The molecule has 0 spiro atoms. The van der Waals surface area contributed by atoms with Crippen molar-refractivity contribution in [1.82, 2.24) is 4.98 Å². The Hall–Kier alpha value is -1.38. The minimum Gasteiger partial charge on any atom is -0.476 e. The molecular formula is C8H8N2O. The molecule has 0 aliphatic carbocycles. The maximum atomic E-state index is 5.21. The summed E-state index contributed by atoms with van der Waals surface area (Å²) in [6, 6.07) is 1.89. The van der Waals surface area contributed by atoms with E-state index in [0.717, 1.165) is 17.1 Å². The lowest BCUT2D eigenvalue weighted by atomic mass is 10.2. The number of aromatic nitrogens is 1. The number of aliphatic imine (C=N–C) groups is 1. The molecule has 0 N–H and O–H groups in total. The molecule has 0 unspecified atom stereocenters. The van der Waals surface area contributed by atoms with E-state index in [4.69, 9.17) is 4.74 Å². The quantitative estimate of drug-likeness (QED) is 0.560. The molecule has 0 bridgehead atoms. The van der Waals surface area contributed by atoms with Gasteiger partial charge in [0.25, 0.3) is 0 Å². The Labute approximate surface area is 64.7 Å². The first kappa shape index (κ1) is 6.34. The third-order valence-electron chi connectivity index (χ3n) is 1.59. The van der Waals surface area contributed by atoms with Crippen molar-refractivity contribution in [1.29, 1.82) is 0 Å².